The second-order valence-electron chi connectivity index (χ2n) is 6.17. The first kappa shape index (κ1) is 14.6. The van der Waals surface area contributed by atoms with E-state index in [1.54, 1.807) is 0 Å². The van der Waals surface area contributed by atoms with Crippen molar-refractivity contribution >= 4 is 23.0 Å². The summed E-state index contributed by atoms with van der Waals surface area (Å²) in [4.78, 5) is 0. The summed E-state index contributed by atoms with van der Waals surface area (Å²) >= 11 is 5.52. The lowest BCUT2D eigenvalue weighted by Crippen LogP contribution is -2.49. The van der Waals surface area contributed by atoms with Crippen LogP contribution in [0, 0.1) is 5.92 Å². The van der Waals surface area contributed by atoms with Gasteiger partial charge in [0.2, 0.25) is 0 Å². The molecule has 0 unspecified atom stereocenters. The maximum Gasteiger partial charge on any atom is 0.171 e. The van der Waals surface area contributed by atoms with E-state index in [4.69, 9.17) is 17.0 Å². The summed E-state index contributed by atoms with van der Waals surface area (Å²) in [7, 11) is 0. The SMILES string of the molecule is CCOc1ccc(NC(=S)NC2(C3CC3)CCCC2)cc1. The van der Waals surface area contributed by atoms with Crippen LogP contribution in [-0.4, -0.2) is 17.3 Å². The van der Waals surface area contributed by atoms with Gasteiger partial charge in [0.05, 0.1) is 6.61 Å². The maximum absolute atomic E-state index is 5.52. The molecule has 2 saturated carbocycles. The van der Waals surface area contributed by atoms with Crippen LogP contribution < -0.4 is 15.4 Å². The minimum absolute atomic E-state index is 0.273. The second kappa shape index (κ2) is 6.22. The van der Waals surface area contributed by atoms with E-state index in [0.717, 1.165) is 22.5 Å². The van der Waals surface area contributed by atoms with Gasteiger partial charge in [0, 0.05) is 11.2 Å². The van der Waals surface area contributed by atoms with Gasteiger partial charge in [-0.2, -0.15) is 0 Å². The van der Waals surface area contributed by atoms with Gasteiger partial charge in [0.15, 0.2) is 5.11 Å². The number of nitrogens with one attached hydrogen (secondary N) is 2. The third kappa shape index (κ3) is 3.49. The standard InChI is InChI=1S/C17H24N2OS/c1-2-20-15-9-7-14(8-10-15)18-16(21)19-17(13-5-6-13)11-3-4-12-17/h7-10,13H,2-6,11-12H2,1H3,(H2,18,19,21). The molecule has 0 saturated heterocycles. The molecule has 2 aliphatic rings. The van der Waals surface area contributed by atoms with Gasteiger partial charge in [-0.3, -0.25) is 0 Å². The first-order valence-electron chi connectivity index (χ1n) is 8.04. The van der Waals surface area contributed by atoms with E-state index in [1.165, 1.54) is 38.5 Å². The number of ether oxygens (including phenoxy) is 1. The van der Waals surface area contributed by atoms with Crippen LogP contribution in [-0.2, 0) is 0 Å². The summed E-state index contributed by atoms with van der Waals surface area (Å²) < 4.78 is 5.45. The Labute approximate surface area is 132 Å². The van der Waals surface area contributed by atoms with E-state index < -0.39 is 0 Å². The Hall–Kier alpha value is -1.29. The molecule has 0 amide bonds. The number of benzene rings is 1. The van der Waals surface area contributed by atoms with Crippen LogP contribution in [0.5, 0.6) is 5.75 Å². The van der Waals surface area contributed by atoms with Crippen LogP contribution >= 0.6 is 12.2 Å². The van der Waals surface area contributed by atoms with E-state index >= 15 is 0 Å². The van der Waals surface area contributed by atoms with Gasteiger partial charge in [-0.15, -0.1) is 0 Å². The molecule has 2 fully saturated rings. The molecule has 0 heterocycles. The first-order chi connectivity index (χ1) is 10.2. The fraction of sp³-hybridized carbons (Fsp3) is 0.588. The first-order valence-corrected chi connectivity index (χ1v) is 8.45. The van der Waals surface area contributed by atoms with Crippen molar-refractivity contribution in [3.8, 4) is 5.75 Å². The molecule has 0 radical (unpaired) electrons. The number of hydrogen-bond acceptors (Lipinski definition) is 2. The molecule has 0 atom stereocenters. The lowest BCUT2D eigenvalue weighted by atomic mass is 9.91. The maximum atomic E-state index is 5.52. The molecule has 1 aromatic carbocycles. The van der Waals surface area contributed by atoms with E-state index in [0.29, 0.717) is 6.61 Å². The molecular weight excluding hydrogens is 280 g/mol. The third-order valence-electron chi connectivity index (χ3n) is 4.64. The highest BCUT2D eigenvalue weighted by molar-refractivity contribution is 7.80. The number of anilines is 1. The van der Waals surface area contributed by atoms with Crippen LogP contribution in [0.15, 0.2) is 24.3 Å². The summed E-state index contributed by atoms with van der Waals surface area (Å²) in [5.41, 5.74) is 1.29. The van der Waals surface area contributed by atoms with Crippen molar-refractivity contribution in [1.82, 2.24) is 5.32 Å². The molecule has 2 aliphatic carbocycles. The van der Waals surface area contributed by atoms with Crippen molar-refractivity contribution in [1.29, 1.82) is 0 Å². The Morgan fingerprint density at radius 3 is 2.48 bits per heavy atom. The molecule has 1 aromatic rings. The highest BCUT2D eigenvalue weighted by Crippen LogP contribution is 2.48. The van der Waals surface area contributed by atoms with Crippen LogP contribution in [0.1, 0.15) is 45.4 Å². The van der Waals surface area contributed by atoms with E-state index in [-0.39, 0.29) is 5.54 Å². The molecular formula is C17H24N2OS. The number of rotatable bonds is 5. The molecule has 3 rings (SSSR count). The van der Waals surface area contributed by atoms with Crippen molar-refractivity contribution in [3.63, 3.8) is 0 Å². The van der Waals surface area contributed by atoms with Crippen LogP contribution in [0.4, 0.5) is 5.69 Å². The minimum Gasteiger partial charge on any atom is -0.494 e. The summed E-state index contributed by atoms with van der Waals surface area (Å²) in [6, 6.07) is 7.97. The van der Waals surface area contributed by atoms with E-state index in [1.807, 2.05) is 31.2 Å². The van der Waals surface area contributed by atoms with Crippen molar-refractivity contribution in [3.05, 3.63) is 24.3 Å². The van der Waals surface area contributed by atoms with Gasteiger partial charge in [-0.1, -0.05) is 12.8 Å². The van der Waals surface area contributed by atoms with Crippen LogP contribution in [0.2, 0.25) is 0 Å². The lowest BCUT2D eigenvalue weighted by molar-refractivity contribution is 0.339. The number of thiocarbonyl (C=S) groups is 1. The molecule has 3 nitrogen and oxygen atoms in total. The zero-order chi connectivity index (χ0) is 14.7. The van der Waals surface area contributed by atoms with Gasteiger partial charge in [-0.05, 0) is 75.0 Å². The normalized spacial score (nSPS) is 20.0. The molecule has 21 heavy (non-hydrogen) atoms. The van der Waals surface area contributed by atoms with E-state index in [9.17, 15) is 0 Å². The Kier molecular flexibility index (Phi) is 4.34. The highest BCUT2D eigenvalue weighted by Gasteiger charge is 2.47. The van der Waals surface area contributed by atoms with Crippen LogP contribution in [0.25, 0.3) is 0 Å². The summed E-state index contributed by atoms with van der Waals surface area (Å²) in [6.07, 6.45) is 7.91. The quantitative estimate of drug-likeness (QED) is 0.803. The van der Waals surface area contributed by atoms with Crippen molar-refractivity contribution in [2.24, 2.45) is 5.92 Å². The van der Waals surface area contributed by atoms with Crippen molar-refractivity contribution < 1.29 is 4.74 Å². The molecule has 2 N–H and O–H groups in total. The zero-order valence-corrected chi connectivity index (χ0v) is 13.5. The van der Waals surface area contributed by atoms with Gasteiger partial charge in [0.1, 0.15) is 5.75 Å². The Balaban J connectivity index is 1.58. The van der Waals surface area contributed by atoms with Gasteiger partial charge >= 0.3 is 0 Å². The lowest BCUT2D eigenvalue weighted by Gasteiger charge is -2.32. The average Bonchev–Trinajstić information content (AvgIpc) is 3.23. The minimum atomic E-state index is 0.273. The molecule has 114 valence electrons. The topological polar surface area (TPSA) is 33.3 Å². The smallest absolute Gasteiger partial charge is 0.171 e. The zero-order valence-electron chi connectivity index (χ0n) is 12.7. The fourth-order valence-corrected chi connectivity index (χ4v) is 3.79. The van der Waals surface area contributed by atoms with Crippen molar-refractivity contribution in [2.75, 3.05) is 11.9 Å². The van der Waals surface area contributed by atoms with Gasteiger partial charge in [-0.25, -0.2) is 0 Å². The summed E-state index contributed by atoms with van der Waals surface area (Å²) in [6.45, 7) is 2.68. The predicted molar refractivity (Wildman–Crippen MR) is 90.9 cm³/mol. The monoisotopic (exact) mass is 304 g/mol. The largest absolute Gasteiger partial charge is 0.494 e. The fourth-order valence-electron chi connectivity index (χ4n) is 3.47. The molecule has 0 bridgehead atoms. The Bertz CT molecular complexity index is 490. The Morgan fingerprint density at radius 2 is 1.90 bits per heavy atom. The van der Waals surface area contributed by atoms with Gasteiger partial charge < -0.3 is 15.4 Å². The summed E-state index contributed by atoms with van der Waals surface area (Å²) in [5, 5.41) is 7.70. The van der Waals surface area contributed by atoms with Crippen LogP contribution in [0.3, 0.4) is 0 Å². The third-order valence-corrected chi connectivity index (χ3v) is 4.84. The average molecular weight is 304 g/mol. The van der Waals surface area contributed by atoms with Gasteiger partial charge in [0.25, 0.3) is 0 Å². The molecule has 0 spiro atoms. The van der Waals surface area contributed by atoms with Crippen molar-refractivity contribution in [2.45, 2.75) is 51.0 Å². The molecule has 0 aromatic heterocycles. The highest BCUT2D eigenvalue weighted by atomic mass is 32.1. The van der Waals surface area contributed by atoms with E-state index in [2.05, 4.69) is 10.6 Å². The number of hydrogen-bond donors (Lipinski definition) is 2. The second-order valence-corrected chi connectivity index (χ2v) is 6.58. The molecule has 0 aliphatic heterocycles. The summed E-state index contributed by atoms with van der Waals surface area (Å²) in [5.74, 6) is 1.73. The molecule has 4 heteroatoms. The predicted octanol–water partition coefficient (Wildman–Crippen LogP) is 4.09. The Morgan fingerprint density at radius 1 is 1.24 bits per heavy atom.